The number of urea groups is 1. The molecular weight excluding hydrogens is 504 g/mol. The molecule has 4 amide bonds. The molecule has 0 spiro atoms. The summed E-state index contributed by atoms with van der Waals surface area (Å²) in [6.07, 6.45) is 1.47. The van der Waals surface area contributed by atoms with Gasteiger partial charge in [-0.25, -0.2) is 14.6 Å². The molecule has 0 unspecified atom stereocenters. The van der Waals surface area contributed by atoms with Crippen LogP contribution in [0.5, 0.6) is 11.5 Å². The van der Waals surface area contributed by atoms with Crippen molar-refractivity contribution >= 4 is 35.3 Å². The van der Waals surface area contributed by atoms with Gasteiger partial charge in [0.2, 0.25) is 0 Å². The minimum atomic E-state index is -0.739. The Hall–Kier alpha value is -5.17. The molecular formula is C33H28N2O5. The standard InChI is InChI=1S/C33H28N2O5/c1-22-14-15-25(18-23(22)2)21-40-29-17-16-24(20-30(29)39-3)19-28-31(36)34(26-10-6-4-7-11-26)33(38)35(32(28)37)27-12-8-5-9-13-27/h4-20H,21H2,1-3H3. The largest absolute Gasteiger partial charge is 0.493 e. The first-order valence-corrected chi connectivity index (χ1v) is 12.8. The maximum Gasteiger partial charge on any atom is 0.343 e. The van der Waals surface area contributed by atoms with Gasteiger partial charge < -0.3 is 9.47 Å². The molecule has 1 heterocycles. The molecule has 5 rings (SSSR count). The second kappa shape index (κ2) is 11.3. The lowest BCUT2D eigenvalue weighted by atomic mass is 10.0. The van der Waals surface area contributed by atoms with Gasteiger partial charge >= 0.3 is 6.03 Å². The zero-order chi connectivity index (χ0) is 28.2. The van der Waals surface area contributed by atoms with Crippen molar-refractivity contribution in [2.75, 3.05) is 16.9 Å². The van der Waals surface area contributed by atoms with Crippen LogP contribution in [-0.2, 0) is 16.2 Å². The Bertz CT molecular complexity index is 1550. The molecule has 7 nitrogen and oxygen atoms in total. The lowest BCUT2D eigenvalue weighted by molar-refractivity contribution is -0.121. The molecule has 1 fully saturated rings. The summed E-state index contributed by atoms with van der Waals surface area (Å²) in [5.74, 6) is -0.439. The van der Waals surface area contributed by atoms with E-state index in [0.29, 0.717) is 35.0 Å². The van der Waals surface area contributed by atoms with Crippen molar-refractivity contribution in [1.82, 2.24) is 0 Å². The minimum Gasteiger partial charge on any atom is -0.493 e. The topological polar surface area (TPSA) is 76.2 Å². The number of amides is 4. The monoisotopic (exact) mass is 532 g/mol. The van der Waals surface area contributed by atoms with Crippen molar-refractivity contribution in [2.45, 2.75) is 20.5 Å². The first-order chi connectivity index (χ1) is 19.4. The highest BCUT2D eigenvalue weighted by Gasteiger charge is 2.43. The fraction of sp³-hybridized carbons (Fsp3) is 0.121. The minimum absolute atomic E-state index is 0.154. The van der Waals surface area contributed by atoms with E-state index in [1.807, 2.05) is 6.07 Å². The van der Waals surface area contributed by atoms with Gasteiger partial charge in [-0.1, -0.05) is 60.7 Å². The Kier molecular flexibility index (Phi) is 7.46. The number of benzene rings is 4. The number of aryl methyl sites for hydroxylation is 2. The summed E-state index contributed by atoms with van der Waals surface area (Å²) in [4.78, 5) is 42.7. The van der Waals surface area contributed by atoms with Crippen molar-refractivity contribution < 1.29 is 23.9 Å². The van der Waals surface area contributed by atoms with Crippen molar-refractivity contribution in [3.63, 3.8) is 0 Å². The lowest BCUT2D eigenvalue weighted by Crippen LogP contribution is -2.57. The Morgan fingerprint density at radius 2 is 1.27 bits per heavy atom. The van der Waals surface area contributed by atoms with E-state index >= 15 is 0 Å². The number of nitrogens with zero attached hydrogens (tertiary/aromatic N) is 2. The predicted octanol–water partition coefficient (Wildman–Crippen LogP) is 6.47. The van der Waals surface area contributed by atoms with E-state index in [4.69, 9.17) is 9.47 Å². The van der Waals surface area contributed by atoms with Gasteiger partial charge in [-0.05, 0) is 78.6 Å². The predicted molar refractivity (Wildman–Crippen MR) is 154 cm³/mol. The van der Waals surface area contributed by atoms with E-state index in [9.17, 15) is 14.4 Å². The van der Waals surface area contributed by atoms with Crippen molar-refractivity contribution in [3.8, 4) is 11.5 Å². The number of ether oxygens (including phenoxy) is 2. The van der Waals surface area contributed by atoms with E-state index in [2.05, 4.69) is 26.0 Å². The smallest absolute Gasteiger partial charge is 0.343 e. The van der Waals surface area contributed by atoms with Gasteiger partial charge in [0, 0.05) is 0 Å². The van der Waals surface area contributed by atoms with Crippen LogP contribution in [-0.4, -0.2) is 25.0 Å². The molecule has 0 radical (unpaired) electrons. The van der Waals surface area contributed by atoms with Gasteiger partial charge in [-0.3, -0.25) is 9.59 Å². The number of anilines is 2. The molecule has 4 aromatic carbocycles. The third-order valence-electron chi connectivity index (χ3n) is 6.74. The summed E-state index contributed by atoms with van der Waals surface area (Å²) in [7, 11) is 1.53. The molecule has 0 saturated carbocycles. The number of hydrogen-bond acceptors (Lipinski definition) is 5. The number of barbiturate groups is 1. The Morgan fingerprint density at radius 3 is 1.82 bits per heavy atom. The number of carbonyl (C=O) groups is 3. The number of rotatable bonds is 7. The third kappa shape index (κ3) is 5.22. The van der Waals surface area contributed by atoms with Crippen LogP contribution in [0.1, 0.15) is 22.3 Å². The second-order valence-electron chi connectivity index (χ2n) is 9.41. The molecule has 40 heavy (non-hydrogen) atoms. The Morgan fingerprint density at radius 1 is 0.675 bits per heavy atom. The average molecular weight is 533 g/mol. The molecule has 1 aliphatic heterocycles. The molecule has 0 atom stereocenters. The fourth-order valence-electron chi connectivity index (χ4n) is 4.45. The summed E-state index contributed by atoms with van der Waals surface area (Å²) in [5.41, 5.74) is 4.55. The highest BCUT2D eigenvalue weighted by atomic mass is 16.5. The highest BCUT2D eigenvalue weighted by molar-refractivity contribution is 6.46. The van der Waals surface area contributed by atoms with Crippen LogP contribution in [0, 0.1) is 13.8 Å². The number of methoxy groups -OCH3 is 1. The maximum absolute atomic E-state index is 13.6. The van der Waals surface area contributed by atoms with Crippen LogP contribution < -0.4 is 19.3 Å². The van der Waals surface area contributed by atoms with Crippen molar-refractivity contribution in [1.29, 1.82) is 0 Å². The van der Waals surface area contributed by atoms with Gasteiger partial charge in [0.05, 0.1) is 18.5 Å². The SMILES string of the molecule is COc1cc(C=C2C(=O)N(c3ccccc3)C(=O)N(c3ccccc3)C2=O)ccc1OCc1ccc(C)c(C)c1. The molecule has 0 N–H and O–H groups in total. The molecule has 1 aliphatic rings. The van der Waals surface area contributed by atoms with E-state index in [1.165, 1.54) is 24.3 Å². The number of para-hydroxylation sites is 2. The van der Waals surface area contributed by atoms with Crippen LogP contribution in [0.3, 0.4) is 0 Å². The molecule has 200 valence electrons. The number of carbonyl (C=O) groups excluding carboxylic acids is 3. The van der Waals surface area contributed by atoms with Crippen molar-refractivity contribution in [2.24, 2.45) is 0 Å². The second-order valence-corrected chi connectivity index (χ2v) is 9.41. The maximum atomic E-state index is 13.6. The summed E-state index contributed by atoms with van der Waals surface area (Å²) in [5, 5.41) is 0. The van der Waals surface area contributed by atoms with E-state index in [0.717, 1.165) is 15.4 Å². The third-order valence-corrected chi connectivity index (χ3v) is 6.74. The normalized spacial score (nSPS) is 13.5. The van der Waals surface area contributed by atoms with Gasteiger partial charge in [-0.15, -0.1) is 0 Å². The zero-order valence-corrected chi connectivity index (χ0v) is 22.5. The van der Waals surface area contributed by atoms with E-state index < -0.39 is 17.8 Å². The molecule has 4 aromatic rings. The average Bonchev–Trinajstić information content (AvgIpc) is 2.97. The van der Waals surface area contributed by atoms with E-state index in [-0.39, 0.29) is 5.57 Å². The van der Waals surface area contributed by atoms with Crippen LogP contribution in [0.25, 0.3) is 6.08 Å². The van der Waals surface area contributed by atoms with Crippen LogP contribution in [0.15, 0.2) is 103 Å². The number of hydrogen-bond donors (Lipinski definition) is 0. The summed E-state index contributed by atoms with van der Waals surface area (Å²) in [6.45, 7) is 4.47. The Balaban J connectivity index is 1.49. The van der Waals surface area contributed by atoms with Gasteiger partial charge in [0.1, 0.15) is 12.2 Å². The molecule has 0 aromatic heterocycles. The van der Waals surface area contributed by atoms with Crippen molar-refractivity contribution in [3.05, 3.63) is 125 Å². The van der Waals surface area contributed by atoms with E-state index in [1.54, 1.807) is 78.9 Å². The highest BCUT2D eigenvalue weighted by Crippen LogP contribution is 2.33. The fourth-order valence-corrected chi connectivity index (χ4v) is 4.45. The molecule has 0 aliphatic carbocycles. The summed E-state index contributed by atoms with van der Waals surface area (Å²) >= 11 is 0. The van der Waals surface area contributed by atoms with Gasteiger partial charge in [-0.2, -0.15) is 0 Å². The van der Waals surface area contributed by atoms with Crippen LogP contribution >= 0.6 is 0 Å². The molecule has 1 saturated heterocycles. The first kappa shape index (κ1) is 26.4. The summed E-state index contributed by atoms with van der Waals surface area (Å²) in [6, 6.07) is 27.7. The zero-order valence-electron chi connectivity index (χ0n) is 22.5. The number of imide groups is 2. The van der Waals surface area contributed by atoms with Gasteiger partial charge in [0.15, 0.2) is 11.5 Å². The van der Waals surface area contributed by atoms with Crippen LogP contribution in [0.2, 0.25) is 0 Å². The summed E-state index contributed by atoms with van der Waals surface area (Å²) < 4.78 is 11.6. The first-order valence-electron chi connectivity index (χ1n) is 12.8. The molecule has 7 heteroatoms. The Labute approximate surface area is 232 Å². The van der Waals surface area contributed by atoms with Gasteiger partial charge in [0.25, 0.3) is 11.8 Å². The lowest BCUT2D eigenvalue weighted by Gasteiger charge is -2.33. The quantitative estimate of drug-likeness (QED) is 0.201. The molecule has 0 bridgehead atoms. The van der Waals surface area contributed by atoms with Crippen LogP contribution in [0.4, 0.5) is 16.2 Å².